The van der Waals surface area contributed by atoms with Crippen LogP contribution in [0.2, 0.25) is 0 Å². The second kappa shape index (κ2) is 8.55. The van der Waals surface area contributed by atoms with Crippen LogP contribution in [0, 0.1) is 10.1 Å². The van der Waals surface area contributed by atoms with Gasteiger partial charge in [0.1, 0.15) is 5.75 Å². The molecule has 0 radical (unpaired) electrons. The van der Waals surface area contributed by atoms with Gasteiger partial charge in [-0.25, -0.2) is 0 Å². The van der Waals surface area contributed by atoms with Crippen LogP contribution in [0.5, 0.6) is 5.75 Å². The fourth-order valence-corrected chi connectivity index (χ4v) is 2.92. The van der Waals surface area contributed by atoms with Crippen LogP contribution in [-0.2, 0) is 0 Å². The highest BCUT2D eigenvalue weighted by Crippen LogP contribution is 2.22. The lowest BCUT2D eigenvalue weighted by molar-refractivity contribution is -0.384. The summed E-state index contributed by atoms with van der Waals surface area (Å²) < 4.78 is 5.24. The highest BCUT2D eigenvalue weighted by Gasteiger charge is 2.06. The standard InChI is InChI=1S/C17H20N2O3S/c1-13(14-4-3-5-16(12-14)22-2)18-10-11-23-17-8-6-15(7-9-17)19(20)21/h3-9,12-13,18H,10-11H2,1-2H3. The Bertz CT molecular complexity index is 647. The van der Waals surface area contributed by atoms with Crippen molar-refractivity contribution in [2.24, 2.45) is 0 Å². The summed E-state index contributed by atoms with van der Waals surface area (Å²) >= 11 is 1.68. The summed E-state index contributed by atoms with van der Waals surface area (Å²) in [4.78, 5) is 11.3. The maximum Gasteiger partial charge on any atom is 0.269 e. The molecule has 0 saturated heterocycles. The van der Waals surface area contributed by atoms with Gasteiger partial charge in [0.25, 0.3) is 5.69 Å². The maximum atomic E-state index is 10.6. The lowest BCUT2D eigenvalue weighted by atomic mass is 10.1. The number of nitro groups is 1. The summed E-state index contributed by atoms with van der Waals surface area (Å²) in [5.74, 6) is 1.75. The summed E-state index contributed by atoms with van der Waals surface area (Å²) in [7, 11) is 1.66. The highest BCUT2D eigenvalue weighted by molar-refractivity contribution is 7.99. The average molecular weight is 332 g/mol. The normalized spacial score (nSPS) is 11.9. The van der Waals surface area contributed by atoms with Gasteiger partial charge in [0.15, 0.2) is 0 Å². The Hall–Kier alpha value is -2.05. The van der Waals surface area contributed by atoms with Crippen LogP contribution in [0.15, 0.2) is 53.4 Å². The van der Waals surface area contributed by atoms with Crippen molar-refractivity contribution in [3.63, 3.8) is 0 Å². The van der Waals surface area contributed by atoms with Gasteiger partial charge in [0.2, 0.25) is 0 Å². The molecule has 0 aliphatic heterocycles. The number of methoxy groups -OCH3 is 1. The van der Waals surface area contributed by atoms with Gasteiger partial charge in [0.05, 0.1) is 12.0 Å². The Labute approximate surface area is 140 Å². The van der Waals surface area contributed by atoms with Gasteiger partial charge in [-0.05, 0) is 36.8 Å². The third-order valence-corrected chi connectivity index (χ3v) is 4.48. The molecule has 122 valence electrons. The minimum Gasteiger partial charge on any atom is -0.497 e. The fraction of sp³-hybridized carbons (Fsp3) is 0.294. The molecule has 0 amide bonds. The third-order valence-electron chi connectivity index (χ3n) is 3.46. The topological polar surface area (TPSA) is 64.4 Å². The van der Waals surface area contributed by atoms with Crippen molar-refractivity contribution >= 4 is 17.4 Å². The molecule has 2 aromatic carbocycles. The molecule has 1 N–H and O–H groups in total. The minimum absolute atomic E-state index is 0.124. The van der Waals surface area contributed by atoms with Crippen molar-refractivity contribution in [1.82, 2.24) is 5.32 Å². The lowest BCUT2D eigenvalue weighted by Gasteiger charge is -2.15. The monoisotopic (exact) mass is 332 g/mol. The molecule has 0 fully saturated rings. The number of thioether (sulfide) groups is 1. The smallest absolute Gasteiger partial charge is 0.269 e. The van der Waals surface area contributed by atoms with E-state index in [0.29, 0.717) is 0 Å². The first kappa shape index (κ1) is 17.3. The van der Waals surface area contributed by atoms with Crippen molar-refractivity contribution in [3.05, 3.63) is 64.2 Å². The molecular formula is C17H20N2O3S. The van der Waals surface area contributed by atoms with E-state index in [9.17, 15) is 10.1 Å². The Kier molecular flexibility index (Phi) is 6.43. The van der Waals surface area contributed by atoms with Crippen molar-refractivity contribution < 1.29 is 9.66 Å². The van der Waals surface area contributed by atoms with Crippen LogP contribution >= 0.6 is 11.8 Å². The van der Waals surface area contributed by atoms with Crippen LogP contribution in [-0.4, -0.2) is 24.3 Å². The van der Waals surface area contributed by atoms with Gasteiger partial charge in [-0.1, -0.05) is 12.1 Å². The first-order valence-electron chi connectivity index (χ1n) is 7.34. The first-order valence-corrected chi connectivity index (χ1v) is 8.33. The van der Waals surface area contributed by atoms with Crippen molar-refractivity contribution in [3.8, 4) is 5.75 Å². The lowest BCUT2D eigenvalue weighted by Crippen LogP contribution is -2.21. The van der Waals surface area contributed by atoms with Gasteiger partial charge in [0, 0.05) is 35.4 Å². The summed E-state index contributed by atoms with van der Waals surface area (Å²) in [6.07, 6.45) is 0. The van der Waals surface area contributed by atoms with E-state index < -0.39 is 0 Å². The Balaban J connectivity index is 1.77. The number of hydrogen-bond donors (Lipinski definition) is 1. The zero-order valence-corrected chi connectivity index (χ0v) is 14.0. The molecule has 6 heteroatoms. The molecule has 0 bridgehead atoms. The molecule has 2 rings (SSSR count). The van der Waals surface area contributed by atoms with E-state index in [1.807, 2.05) is 18.2 Å². The average Bonchev–Trinajstić information content (AvgIpc) is 2.59. The van der Waals surface area contributed by atoms with E-state index in [0.717, 1.165) is 22.9 Å². The Morgan fingerprint density at radius 3 is 2.65 bits per heavy atom. The van der Waals surface area contributed by atoms with E-state index in [1.54, 1.807) is 31.0 Å². The quantitative estimate of drug-likeness (QED) is 0.342. The van der Waals surface area contributed by atoms with Gasteiger partial charge in [-0.3, -0.25) is 10.1 Å². The fourth-order valence-electron chi connectivity index (χ4n) is 2.14. The number of benzene rings is 2. The van der Waals surface area contributed by atoms with Crippen molar-refractivity contribution in [1.29, 1.82) is 0 Å². The molecule has 0 aliphatic rings. The van der Waals surface area contributed by atoms with Gasteiger partial charge in [-0.15, -0.1) is 11.8 Å². The second-order valence-electron chi connectivity index (χ2n) is 5.05. The number of nitro benzene ring substituents is 1. The number of ether oxygens (including phenoxy) is 1. The van der Waals surface area contributed by atoms with Crippen LogP contribution in [0.4, 0.5) is 5.69 Å². The molecule has 2 aromatic rings. The highest BCUT2D eigenvalue weighted by atomic mass is 32.2. The summed E-state index contributed by atoms with van der Waals surface area (Å²) in [5.41, 5.74) is 1.31. The zero-order chi connectivity index (χ0) is 16.7. The second-order valence-corrected chi connectivity index (χ2v) is 6.22. The minimum atomic E-state index is -0.383. The molecule has 0 aliphatic carbocycles. The molecule has 5 nitrogen and oxygen atoms in total. The summed E-state index contributed by atoms with van der Waals surface area (Å²) in [6.45, 7) is 2.96. The van der Waals surface area contributed by atoms with E-state index in [-0.39, 0.29) is 16.7 Å². The largest absolute Gasteiger partial charge is 0.497 e. The number of hydrogen-bond acceptors (Lipinski definition) is 5. The molecule has 0 aromatic heterocycles. The van der Waals surface area contributed by atoms with E-state index >= 15 is 0 Å². The van der Waals surface area contributed by atoms with Gasteiger partial charge < -0.3 is 10.1 Å². The molecule has 23 heavy (non-hydrogen) atoms. The number of non-ortho nitro benzene ring substituents is 1. The SMILES string of the molecule is COc1cccc(C(C)NCCSc2ccc([N+](=O)[O-])cc2)c1. The van der Waals surface area contributed by atoms with Crippen LogP contribution in [0.3, 0.4) is 0 Å². The van der Waals surface area contributed by atoms with Crippen LogP contribution < -0.4 is 10.1 Å². The van der Waals surface area contributed by atoms with E-state index in [1.165, 1.54) is 17.7 Å². The van der Waals surface area contributed by atoms with E-state index in [4.69, 9.17) is 4.74 Å². The maximum absolute atomic E-state index is 10.6. The summed E-state index contributed by atoms with van der Waals surface area (Å²) in [6, 6.07) is 14.9. The number of rotatable bonds is 8. The molecule has 1 unspecified atom stereocenters. The van der Waals surface area contributed by atoms with Crippen LogP contribution in [0.1, 0.15) is 18.5 Å². The van der Waals surface area contributed by atoms with E-state index in [2.05, 4.69) is 18.3 Å². The molecule has 0 saturated carbocycles. The Morgan fingerprint density at radius 2 is 2.00 bits per heavy atom. The molecular weight excluding hydrogens is 312 g/mol. The third kappa shape index (κ3) is 5.26. The number of nitrogens with zero attached hydrogens (tertiary/aromatic N) is 1. The van der Waals surface area contributed by atoms with Gasteiger partial charge in [-0.2, -0.15) is 0 Å². The predicted octanol–water partition coefficient (Wildman–Crippen LogP) is 4.05. The first-order chi connectivity index (χ1) is 11.1. The van der Waals surface area contributed by atoms with Crippen molar-refractivity contribution in [2.75, 3.05) is 19.4 Å². The van der Waals surface area contributed by atoms with Crippen LogP contribution in [0.25, 0.3) is 0 Å². The molecule has 0 spiro atoms. The Morgan fingerprint density at radius 1 is 1.26 bits per heavy atom. The zero-order valence-electron chi connectivity index (χ0n) is 13.2. The van der Waals surface area contributed by atoms with Crippen molar-refractivity contribution in [2.45, 2.75) is 17.9 Å². The van der Waals surface area contributed by atoms with Gasteiger partial charge >= 0.3 is 0 Å². The molecule has 0 heterocycles. The molecule has 1 atom stereocenters. The summed E-state index contributed by atoms with van der Waals surface area (Å²) in [5, 5.41) is 14.1. The number of nitrogens with one attached hydrogen (secondary N) is 1. The predicted molar refractivity (Wildman–Crippen MR) is 93.2 cm³/mol.